The highest BCUT2D eigenvalue weighted by atomic mass is 32.1. The number of aromatic nitrogens is 1. The molecule has 0 radical (unpaired) electrons. The van der Waals surface area contributed by atoms with Gasteiger partial charge in [-0.25, -0.2) is 4.98 Å². The van der Waals surface area contributed by atoms with Gasteiger partial charge >= 0.3 is 0 Å². The molecule has 122 valence electrons. The predicted octanol–water partition coefficient (Wildman–Crippen LogP) is 3.39. The van der Waals surface area contributed by atoms with E-state index in [1.54, 1.807) is 6.92 Å². The number of hydrogen-bond donors (Lipinski definition) is 1. The summed E-state index contributed by atoms with van der Waals surface area (Å²) in [6, 6.07) is 7.72. The van der Waals surface area contributed by atoms with Crippen molar-refractivity contribution in [1.82, 2.24) is 10.3 Å². The highest BCUT2D eigenvalue weighted by Crippen LogP contribution is 2.36. The van der Waals surface area contributed by atoms with Crippen molar-refractivity contribution >= 4 is 38.3 Å². The van der Waals surface area contributed by atoms with Crippen LogP contribution in [0.4, 0.5) is 5.13 Å². The van der Waals surface area contributed by atoms with E-state index >= 15 is 0 Å². The number of allylic oxidation sites excluding steroid dienone is 1. The first kappa shape index (κ1) is 16.1. The third-order valence-corrected chi connectivity index (χ3v) is 4.65. The Kier molecular flexibility index (Phi) is 3.85. The average molecular weight is 339 g/mol. The third kappa shape index (κ3) is 2.65. The van der Waals surface area contributed by atoms with Gasteiger partial charge in [0, 0.05) is 11.1 Å². The van der Waals surface area contributed by atoms with Gasteiger partial charge in [-0.1, -0.05) is 44.2 Å². The molecule has 0 saturated heterocycles. The number of para-hydroxylation sites is 1. The van der Waals surface area contributed by atoms with E-state index in [4.69, 9.17) is 5.26 Å². The van der Waals surface area contributed by atoms with Gasteiger partial charge in [-0.05, 0) is 19.1 Å². The molecule has 0 atom stereocenters. The normalized spacial score (nSPS) is 17.0. The molecule has 1 aliphatic heterocycles. The number of rotatable bonds is 2. The van der Waals surface area contributed by atoms with Gasteiger partial charge in [0.2, 0.25) is 5.13 Å². The molecule has 2 heterocycles. The van der Waals surface area contributed by atoms with Crippen molar-refractivity contribution < 1.29 is 4.79 Å². The molecule has 1 N–H and O–H groups in total. The molecular formula is C17H17N5OS. The predicted molar refractivity (Wildman–Crippen MR) is 95.4 cm³/mol. The van der Waals surface area contributed by atoms with E-state index < -0.39 is 0 Å². The Morgan fingerprint density at radius 2 is 2.04 bits per heavy atom. The van der Waals surface area contributed by atoms with Gasteiger partial charge in [0.15, 0.2) is 6.19 Å². The number of benzene rings is 1. The first-order valence-corrected chi connectivity index (χ1v) is 8.30. The minimum absolute atomic E-state index is 0.265. The smallest absolute Gasteiger partial charge is 0.284 e. The Hall–Kier alpha value is -2.72. The summed E-state index contributed by atoms with van der Waals surface area (Å²) in [5, 5.41) is 17.8. The van der Waals surface area contributed by atoms with Crippen molar-refractivity contribution in [2.75, 3.05) is 5.01 Å². The zero-order valence-electron chi connectivity index (χ0n) is 13.9. The lowest BCUT2D eigenvalue weighted by Crippen LogP contribution is -2.27. The van der Waals surface area contributed by atoms with Gasteiger partial charge in [-0.3, -0.25) is 10.1 Å². The molecule has 3 rings (SSSR count). The fourth-order valence-corrected chi connectivity index (χ4v) is 3.41. The van der Waals surface area contributed by atoms with E-state index in [-0.39, 0.29) is 11.3 Å². The summed E-state index contributed by atoms with van der Waals surface area (Å²) in [5.74, 6) is -0.265. The van der Waals surface area contributed by atoms with Gasteiger partial charge in [0.1, 0.15) is 0 Å². The second-order valence-electron chi connectivity index (χ2n) is 6.52. The van der Waals surface area contributed by atoms with Crippen molar-refractivity contribution in [3.63, 3.8) is 0 Å². The summed E-state index contributed by atoms with van der Waals surface area (Å²) in [7, 11) is 0. The van der Waals surface area contributed by atoms with Crippen LogP contribution in [-0.4, -0.2) is 16.6 Å². The highest BCUT2D eigenvalue weighted by molar-refractivity contribution is 7.22. The Labute approximate surface area is 144 Å². The second kappa shape index (κ2) is 5.73. The zero-order chi connectivity index (χ0) is 17.5. The van der Waals surface area contributed by atoms with Crippen LogP contribution in [0.15, 0.2) is 40.6 Å². The van der Waals surface area contributed by atoms with Crippen LogP contribution in [0.2, 0.25) is 0 Å². The van der Waals surface area contributed by atoms with E-state index in [2.05, 4.69) is 15.4 Å². The second-order valence-corrected chi connectivity index (χ2v) is 7.53. The van der Waals surface area contributed by atoms with Crippen molar-refractivity contribution in [1.29, 1.82) is 5.26 Å². The van der Waals surface area contributed by atoms with Crippen LogP contribution < -0.4 is 10.3 Å². The lowest BCUT2D eigenvalue weighted by Gasteiger charge is -2.18. The molecular weight excluding hydrogens is 322 g/mol. The van der Waals surface area contributed by atoms with Crippen molar-refractivity contribution in [3.8, 4) is 6.19 Å². The van der Waals surface area contributed by atoms with Gasteiger partial charge in [-0.2, -0.15) is 15.4 Å². The first-order chi connectivity index (χ1) is 11.3. The summed E-state index contributed by atoms with van der Waals surface area (Å²) < 4.78 is 0.997. The molecule has 2 aromatic rings. The van der Waals surface area contributed by atoms with E-state index in [1.807, 2.05) is 51.2 Å². The van der Waals surface area contributed by atoms with Gasteiger partial charge in [0.05, 0.1) is 21.5 Å². The number of nitriles is 1. The van der Waals surface area contributed by atoms with Gasteiger partial charge in [0.25, 0.3) is 5.91 Å². The molecule has 0 fully saturated rings. The van der Waals surface area contributed by atoms with E-state index in [9.17, 15) is 4.79 Å². The molecule has 0 bridgehead atoms. The van der Waals surface area contributed by atoms with E-state index in [1.165, 1.54) is 16.3 Å². The number of hydrazone groups is 1. The summed E-state index contributed by atoms with van der Waals surface area (Å²) in [6.45, 7) is 7.67. The SMILES string of the molecule is C/C(NC#N)=C1\C(=O)N(c2nc3ccccc3s2)N=C1C(C)(C)C. The number of thiazole rings is 1. The Morgan fingerprint density at radius 1 is 1.33 bits per heavy atom. The zero-order valence-corrected chi connectivity index (χ0v) is 14.7. The number of hydrogen-bond acceptors (Lipinski definition) is 6. The Morgan fingerprint density at radius 3 is 2.67 bits per heavy atom. The van der Waals surface area contributed by atoms with Crippen LogP contribution in [0.5, 0.6) is 0 Å². The third-order valence-electron chi connectivity index (χ3n) is 3.64. The number of carbonyl (C=O) groups is 1. The maximum absolute atomic E-state index is 12.9. The molecule has 1 aromatic carbocycles. The van der Waals surface area contributed by atoms with Gasteiger partial charge in [-0.15, -0.1) is 0 Å². The number of carbonyl (C=O) groups excluding carboxylic acids is 1. The van der Waals surface area contributed by atoms with E-state index in [0.717, 1.165) is 10.2 Å². The van der Waals surface area contributed by atoms with Crippen LogP contribution in [0, 0.1) is 16.9 Å². The maximum Gasteiger partial charge on any atom is 0.284 e. The molecule has 1 aliphatic rings. The standard InChI is InChI=1S/C17H17N5OS/c1-10(19-9-18)13-14(17(2,3)4)21-22(15(13)23)16-20-11-7-5-6-8-12(11)24-16/h5-8,19H,1-4H3/b13-10+. The minimum atomic E-state index is -0.338. The number of anilines is 1. The molecule has 6 nitrogen and oxygen atoms in total. The first-order valence-electron chi connectivity index (χ1n) is 7.48. The van der Waals surface area contributed by atoms with E-state index in [0.29, 0.717) is 22.1 Å². The molecule has 1 aromatic heterocycles. The molecule has 1 amide bonds. The molecule has 0 aliphatic carbocycles. The topological polar surface area (TPSA) is 81.4 Å². The fraction of sp³-hybridized carbons (Fsp3) is 0.294. The van der Waals surface area contributed by atoms with Crippen molar-refractivity contribution in [2.45, 2.75) is 27.7 Å². The van der Waals surface area contributed by atoms with Crippen LogP contribution >= 0.6 is 11.3 Å². The number of nitrogens with one attached hydrogen (secondary N) is 1. The number of amides is 1. The largest absolute Gasteiger partial charge is 0.296 e. The van der Waals surface area contributed by atoms with Crippen molar-refractivity contribution in [2.24, 2.45) is 10.5 Å². The molecule has 0 unspecified atom stereocenters. The number of nitrogens with zero attached hydrogens (tertiary/aromatic N) is 4. The monoisotopic (exact) mass is 339 g/mol. The van der Waals surface area contributed by atoms with Crippen LogP contribution in [0.25, 0.3) is 10.2 Å². The average Bonchev–Trinajstić information content (AvgIpc) is 3.07. The number of fused-ring (bicyclic) bond motifs is 1. The summed E-state index contributed by atoms with van der Waals surface area (Å²) in [6.07, 6.45) is 1.87. The Bertz CT molecular complexity index is 893. The summed E-state index contributed by atoms with van der Waals surface area (Å²) in [4.78, 5) is 17.4. The van der Waals surface area contributed by atoms with Crippen LogP contribution in [0.1, 0.15) is 27.7 Å². The van der Waals surface area contributed by atoms with Crippen LogP contribution in [-0.2, 0) is 4.79 Å². The van der Waals surface area contributed by atoms with Gasteiger partial charge < -0.3 is 0 Å². The molecule has 0 saturated carbocycles. The highest BCUT2D eigenvalue weighted by Gasteiger charge is 2.39. The summed E-state index contributed by atoms with van der Waals surface area (Å²) >= 11 is 1.42. The lowest BCUT2D eigenvalue weighted by molar-refractivity contribution is -0.114. The fourth-order valence-electron chi connectivity index (χ4n) is 2.49. The molecule has 7 heteroatoms. The van der Waals surface area contributed by atoms with Crippen LogP contribution in [0.3, 0.4) is 0 Å². The minimum Gasteiger partial charge on any atom is -0.296 e. The molecule has 24 heavy (non-hydrogen) atoms. The van der Waals surface area contributed by atoms with Crippen molar-refractivity contribution in [3.05, 3.63) is 35.5 Å². The summed E-state index contributed by atoms with van der Waals surface area (Å²) in [5.41, 5.74) is 2.08. The molecule has 0 spiro atoms. The quantitative estimate of drug-likeness (QED) is 0.516. The maximum atomic E-state index is 12.9. The lowest BCUT2D eigenvalue weighted by atomic mass is 9.85. The Balaban J connectivity index is 2.13.